The summed E-state index contributed by atoms with van der Waals surface area (Å²) in [5.74, 6) is 1.33. The number of methoxy groups -OCH3 is 1. The van der Waals surface area contributed by atoms with Gasteiger partial charge in [0.05, 0.1) is 13.3 Å². The molecule has 5 nitrogen and oxygen atoms in total. The molecule has 1 fully saturated rings. The SMILES string of the molecule is COc1cccc(/C=N/NC(=S)NC2CCCCC2)c1OCc1ccc(C)cc1. The molecule has 0 bridgehead atoms. The number of benzene rings is 2. The van der Waals surface area contributed by atoms with Crippen LogP contribution in [0.2, 0.25) is 0 Å². The van der Waals surface area contributed by atoms with Gasteiger partial charge in [-0.05, 0) is 49.7 Å². The van der Waals surface area contributed by atoms with Crippen molar-refractivity contribution in [3.63, 3.8) is 0 Å². The van der Waals surface area contributed by atoms with Gasteiger partial charge in [0.15, 0.2) is 16.6 Å². The topological polar surface area (TPSA) is 54.9 Å². The third-order valence-electron chi connectivity index (χ3n) is 5.04. The van der Waals surface area contributed by atoms with Gasteiger partial charge in [-0.15, -0.1) is 0 Å². The van der Waals surface area contributed by atoms with E-state index in [1.165, 1.54) is 37.7 Å². The van der Waals surface area contributed by atoms with Crippen molar-refractivity contribution in [3.05, 3.63) is 59.2 Å². The van der Waals surface area contributed by atoms with Gasteiger partial charge in [0, 0.05) is 11.6 Å². The zero-order valence-electron chi connectivity index (χ0n) is 17.1. The van der Waals surface area contributed by atoms with E-state index in [0.29, 0.717) is 29.3 Å². The molecule has 1 aliphatic carbocycles. The molecule has 0 aliphatic heterocycles. The number of aryl methyl sites for hydroxylation is 1. The van der Waals surface area contributed by atoms with Gasteiger partial charge in [-0.2, -0.15) is 5.10 Å². The summed E-state index contributed by atoms with van der Waals surface area (Å²) in [6.45, 7) is 2.52. The predicted molar refractivity (Wildman–Crippen MR) is 122 cm³/mol. The van der Waals surface area contributed by atoms with Crippen molar-refractivity contribution in [2.75, 3.05) is 7.11 Å². The number of nitrogens with one attached hydrogen (secondary N) is 2. The molecule has 0 unspecified atom stereocenters. The van der Waals surface area contributed by atoms with Crippen molar-refractivity contribution < 1.29 is 9.47 Å². The summed E-state index contributed by atoms with van der Waals surface area (Å²) in [5, 5.41) is 8.19. The Morgan fingerprint density at radius 3 is 2.62 bits per heavy atom. The molecular formula is C23H29N3O2S. The molecule has 0 amide bonds. The Kier molecular flexibility index (Phi) is 7.87. The van der Waals surface area contributed by atoms with Crippen molar-refractivity contribution >= 4 is 23.5 Å². The first-order valence-electron chi connectivity index (χ1n) is 10.1. The molecule has 2 N–H and O–H groups in total. The summed E-state index contributed by atoms with van der Waals surface area (Å²) in [5.41, 5.74) is 6.06. The number of ether oxygens (including phenoxy) is 2. The second-order valence-electron chi connectivity index (χ2n) is 7.33. The maximum absolute atomic E-state index is 6.07. The van der Waals surface area contributed by atoms with Gasteiger partial charge in [-0.3, -0.25) is 5.43 Å². The summed E-state index contributed by atoms with van der Waals surface area (Å²) in [4.78, 5) is 0. The molecule has 1 aliphatic rings. The van der Waals surface area contributed by atoms with Gasteiger partial charge in [-0.1, -0.05) is 55.2 Å². The zero-order chi connectivity index (χ0) is 20.5. The van der Waals surface area contributed by atoms with Crippen molar-refractivity contribution in [2.45, 2.75) is 51.7 Å². The highest BCUT2D eigenvalue weighted by Gasteiger charge is 2.14. The lowest BCUT2D eigenvalue weighted by atomic mass is 9.96. The van der Waals surface area contributed by atoms with Crippen LogP contribution in [-0.2, 0) is 6.61 Å². The van der Waals surface area contributed by atoms with Crippen LogP contribution < -0.4 is 20.2 Å². The first kappa shape index (κ1) is 21.1. The standard InChI is InChI=1S/C23H29N3O2S/c1-17-11-13-18(14-12-17)16-28-22-19(7-6-10-21(22)27-2)15-24-26-23(29)25-20-8-4-3-5-9-20/h6-7,10-15,20H,3-5,8-9,16H2,1-2H3,(H2,25,26,29)/b24-15+. The fourth-order valence-electron chi connectivity index (χ4n) is 3.41. The molecule has 2 aromatic carbocycles. The van der Waals surface area contributed by atoms with Crippen molar-refractivity contribution in [1.82, 2.24) is 10.7 Å². The van der Waals surface area contributed by atoms with Crippen molar-refractivity contribution in [3.8, 4) is 11.5 Å². The van der Waals surface area contributed by atoms with E-state index in [2.05, 4.69) is 47.0 Å². The minimum atomic E-state index is 0.448. The Balaban J connectivity index is 1.62. The summed E-state index contributed by atoms with van der Waals surface area (Å²) < 4.78 is 11.5. The number of hydrazone groups is 1. The molecule has 6 heteroatoms. The lowest BCUT2D eigenvalue weighted by molar-refractivity contribution is 0.284. The van der Waals surface area contributed by atoms with Crippen LogP contribution in [0.15, 0.2) is 47.6 Å². The smallest absolute Gasteiger partial charge is 0.187 e. The zero-order valence-corrected chi connectivity index (χ0v) is 17.9. The lowest BCUT2D eigenvalue weighted by Crippen LogP contribution is -2.40. The van der Waals surface area contributed by atoms with E-state index in [1.807, 2.05) is 18.2 Å². The molecule has 2 aromatic rings. The minimum absolute atomic E-state index is 0.448. The third kappa shape index (κ3) is 6.46. The van der Waals surface area contributed by atoms with Crippen LogP contribution in [-0.4, -0.2) is 24.5 Å². The Bertz CT molecular complexity index is 831. The van der Waals surface area contributed by atoms with Crippen LogP contribution in [0, 0.1) is 6.92 Å². The molecule has 0 atom stereocenters. The highest BCUT2D eigenvalue weighted by molar-refractivity contribution is 7.80. The van der Waals surface area contributed by atoms with Gasteiger partial charge in [0.1, 0.15) is 6.61 Å². The third-order valence-corrected chi connectivity index (χ3v) is 5.25. The van der Waals surface area contributed by atoms with E-state index in [4.69, 9.17) is 21.7 Å². The van der Waals surface area contributed by atoms with E-state index in [0.717, 1.165) is 11.1 Å². The lowest BCUT2D eigenvalue weighted by Gasteiger charge is -2.23. The number of hydrogen-bond donors (Lipinski definition) is 2. The maximum Gasteiger partial charge on any atom is 0.187 e. The van der Waals surface area contributed by atoms with Crippen molar-refractivity contribution in [1.29, 1.82) is 0 Å². The molecular weight excluding hydrogens is 382 g/mol. The maximum atomic E-state index is 6.07. The number of hydrogen-bond acceptors (Lipinski definition) is 4. The summed E-state index contributed by atoms with van der Waals surface area (Å²) in [6, 6.07) is 14.5. The first-order valence-corrected chi connectivity index (χ1v) is 10.5. The number of rotatable bonds is 7. The second kappa shape index (κ2) is 10.8. The monoisotopic (exact) mass is 411 g/mol. The molecule has 0 aromatic heterocycles. The van der Waals surface area contributed by atoms with Gasteiger partial charge in [0.25, 0.3) is 0 Å². The quantitative estimate of drug-likeness (QED) is 0.392. The van der Waals surface area contributed by atoms with Crippen LogP contribution in [0.1, 0.15) is 48.8 Å². The Morgan fingerprint density at radius 1 is 1.14 bits per heavy atom. The second-order valence-corrected chi connectivity index (χ2v) is 7.74. The highest BCUT2D eigenvalue weighted by Crippen LogP contribution is 2.30. The average Bonchev–Trinajstić information content (AvgIpc) is 2.74. The number of para-hydroxylation sites is 1. The molecule has 3 rings (SSSR count). The van der Waals surface area contributed by atoms with Crippen LogP contribution in [0.5, 0.6) is 11.5 Å². The van der Waals surface area contributed by atoms with Crippen molar-refractivity contribution in [2.24, 2.45) is 5.10 Å². The summed E-state index contributed by atoms with van der Waals surface area (Å²) >= 11 is 5.37. The van der Waals surface area contributed by atoms with Crippen LogP contribution in [0.3, 0.4) is 0 Å². The normalized spacial score (nSPS) is 14.6. The molecule has 1 saturated carbocycles. The summed E-state index contributed by atoms with van der Waals surface area (Å²) in [6.07, 6.45) is 7.88. The van der Waals surface area contributed by atoms with E-state index in [9.17, 15) is 0 Å². The number of thiocarbonyl (C=S) groups is 1. The number of nitrogens with zero attached hydrogens (tertiary/aromatic N) is 1. The highest BCUT2D eigenvalue weighted by atomic mass is 32.1. The first-order chi connectivity index (χ1) is 14.2. The molecule has 154 valence electrons. The molecule has 29 heavy (non-hydrogen) atoms. The average molecular weight is 412 g/mol. The van der Waals surface area contributed by atoms with Crippen LogP contribution >= 0.6 is 12.2 Å². The Hall–Kier alpha value is -2.60. The van der Waals surface area contributed by atoms with Crippen LogP contribution in [0.4, 0.5) is 0 Å². The Labute approximate surface area is 178 Å². The molecule has 0 heterocycles. The van der Waals surface area contributed by atoms with Gasteiger partial charge >= 0.3 is 0 Å². The summed E-state index contributed by atoms with van der Waals surface area (Å²) in [7, 11) is 1.64. The minimum Gasteiger partial charge on any atom is -0.493 e. The van der Waals surface area contributed by atoms with E-state index in [1.54, 1.807) is 13.3 Å². The van der Waals surface area contributed by atoms with Crippen LogP contribution in [0.25, 0.3) is 0 Å². The molecule has 0 spiro atoms. The Morgan fingerprint density at radius 2 is 1.90 bits per heavy atom. The fraction of sp³-hybridized carbons (Fsp3) is 0.391. The van der Waals surface area contributed by atoms with E-state index < -0.39 is 0 Å². The van der Waals surface area contributed by atoms with Gasteiger partial charge in [0.2, 0.25) is 0 Å². The van der Waals surface area contributed by atoms with Gasteiger partial charge < -0.3 is 14.8 Å². The molecule has 0 radical (unpaired) electrons. The fourth-order valence-corrected chi connectivity index (χ4v) is 3.63. The predicted octanol–water partition coefficient (Wildman–Crippen LogP) is 4.71. The largest absolute Gasteiger partial charge is 0.493 e. The molecule has 0 saturated heterocycles. The van der Waals surface area contributed by atoms with Gasteiger partial charge in [-0.25, -0.2) is 0 Å². The van der Waals surface area contributed by atoms with E-state index in [-0.39, 0.29) is 0 Å². The van der Waals surface area contributed by atoms with E-state index >= 15 is 0 Å².